The molecule has 6 heteroatoms. The van der Waals surface area contributed by atoms with Gasteiger partial charge in [0.05, 0.1) is 0 Å². The minimum absolute atomic E-state index is 0.658. The van der Waals surface area contributed by atoms with Gasteiger partial charge in [-0.05, 0) is 24.6 Å². The van der Waals surface area contributed by atoms with Crippen molar-refractivity contribution >= 4 is 33.9 Å². The number of rotatable bonds is 5. The van der Waals surface area contributed by atoms with Crippen LogP contribution in [0.3, 0.4) is 0 Å². The molecule has 0 aliphatic carbocycles. The fourth-order valence-corrected chi connectivity index (χ4v) is 2.92. The van der Waals surface area contributed by atoms with Crippen LogP contribution < -0.4 is 11.1 Å². The van der Waals surface area contributed by atoms with E-state index < -0.39 is 0 Å². The third kappa shape index (κ3) is 3.69. The molecule has 0 bridgehead atoms. The first kappa shape index (κ1) is 12.3. The van der Waals surface area contributed by atoms with E-state index in [0.717, 1.165) is 20.9 Å². The van der Waals surface area contributed by atoms with Crippen molar-refractivity contribution in [2.75, 3.05) is 17.6 Å². The number of nitrogens with one attached hydrogen (secondary N) is 1. The largest absolute Gasteiger partial charge is 0.330 e. The van der Waals surface area contributed by atoms with Crippen LogP contribution in [0.1, 0.15) is 5.56 Å². The van der Waals surface area contributed by atoms with Crippen molar-refractivity contribution < 1.29 is 0 Å². The first-order valence-corrected chi connectivity index (χ1v) is 7.08. The molecule has 0 saturated carbocycles. The van der Waals surface area contributed by atoms with Crippen LogP contribution in [-0.2, 0) is 0 Å². The summed E-state index contributed by atoms with van der Waals surface area (Å²) in [5, 5.41) is 12.2. The van der Waals surface area contributed by atoms with Crippen LogP contribution in [-0.4, -0.2) is 22.5 Å². The maximum absolute atomic E-state index is 5.44. The van der Waals surface area contributed by atoms with E-state index >= 15 is 0 Å². The summed E-state index contributed by atoms with van der Waals surface area (Å²) in [5.41, 5.74) is 7.70. The SMILES string of the molecule is Cc1cccc(Nc2nnc(SCCN)s2)c1. The molecular formula is C11H14N4S2. The summed E-state index contributed by atoms with van der Waals surface area (Å²) in [6.07, 6.45) is 0. The molecule has 1 aromatic heterocycles. The molecule has 4 nitrogen and oxygen atoms in total. The number of hydrogen-bond donors (Lipinski definition) is 2. The molecule has 0 saturated heterocycles. The Kier molecular flexibility index (Phi) is 4.36. The number of nitrogens with zero attached hydrogens (tertiary/aromatic N) is 2. The maximum Gasteiger partial charge on any atom is 0.210 e. The molecule has 17 heavy (non-hydrogen) atoms. The van der Waals surface area contributed by atoms with Gasteiger partial charge in [-0.2, -0.15) is 0 Å². The van der Waals surface area contributed by atoms with E-state index in [4.69, 9.17) is 5.73 Å². The van der Waals surface area contributed by atoms with Crippen LogP contribution in [0.5, 0.6) is 0 Å². The van der Waals surface area contributed by atoms with Gasteiger partial charge >= 0.3 is 0 Å². The third-order valence-electron chi connectivity index (χ3n) is 2.02. The lowest BCUT2D eigenvalue weighted by atomic mass is 10.2. The van der Waals surface area contributed by atoms with Gasteiger partial charge in [0.15, 0.2) is 4.34 Å². The average Bonchev–Trinajstić information content (AvgIpc) is 2.74. The number of anilines is 2. The van der Waals surface area contributed by atoms with E-state index in [2.05, 4.69) is 34.6 Å². The van der Waals surface area contributed by atoms with Gasteiger partial charge in [-0.1, -0.05) is 35.2 Å². The third-order valence-corrected chi connectivity index (χ3v) is 4.02. The Balaban J connectivity index is 2.01. The normalized spacial score (nSPS) is 10.5. The molecule has 0 aliphatic heterocycles. The molecule has 2 rings (SSSR count). The van der Waals surface area contributed by atoms with Gasteiger partial charge < -0.3 is 11.1 Å². The summed E-state index contributed by atoms with van der Waals surface area (Å²) >= 11 is 3.18. The smallest absolute Gasteiger partial charge is 0.210 e. The van der Waals surface area contributed by atoms with Gasteiger partial charge in [0.1, 0.15) is 0 Å². The van der Waals surface area contributed by atoms with Crippen molar-refractivity contribution in [3.8, 4) is 0 Å². The Morgan fingerprint density at radius 1 is 1.41 bits per heavy atom. The number of aryl methyl sites for hydroxylation is 1. The quantitative estimate of drug-likeness (QED) is 0.815. The lowest BCUT2D eigenvalue weighted by Gasteiger charge is -2.01. The van der Waals surface area contributed by atoms with Crippen molar-refractivity contribution in [3.05, 3.63) is 29.8 Å². The summed E-state index contributed by atoms with van der Waals surface area (Å²) < 4.78 is 0.950. The molecule has 90 valence electrons. The Bertz CT molecular complexity index is 484. The summed E-state index contributed by atoms with van der Waals surface area (Å²) in [7, 11) is 0. The fourth-order valence-electron chi connectivity index (χ4n) is 1.31. The number of benzene rings is 1. The van der Waals surface area contributed by atoms with Crippen LogP contribution in [0, 0.1) is 6.92 Å². The molecule has 1 heterocycles. The minimum atomic E-state index is 0.658. The first-order chi connectivity index (χ1) is 8.28. The Labute approximate surface area is 109 Å². The lowest BCUT2D eigenvalue weighted by Crippen LogP contribution is -2.00. The second-order valence-corrected chi connectivity index (χ2v) is 5.82. The molecule has 0 spiro atoms. The molecule has 0 radical (unpaired) electrons. The van der Waals surface area contributed by atoms with Crippen molar-refractivity contribution in [1.29, 1.82) is 0 Å². The van der Waals surface area contributed by atoms with E-state index in [-0.39, 0.29) is 0 Å². The van der Waals surface area contributed by atoms with E-state index in [1.54, 1.807) is 23.1 Å². The highest BCUT2D eigenvalue weighted by Gasteiger charge is 2.04. The summed E-state index contributed by atoms with van der Waals surface area (Å²) in [5.74, 6) is 0.874. The first-order valence-electron chi connectivity index (χ1n) is 5.28. The standard InChI is InChI=1S/C11H14N4S2/c1-8-3-2-4-9(7-8)13-10-14-15-11(17-10)16-6-5-12/h2-4,7H,5-6,12H2,1H3,(H,13,14). The predicted octanol–water partition coefficient (Wildman–Crippen LogP) is 2.64. The number of thioether (sulfide) groups is 1. The highest BCUT2D eigenvalue weighted by atomic mass is 32.2. The summed E-state index contributed by atoms with van der Waals surface area (Å²) in [6.45, 7) is 2.72. The monoisotopic (exact) mass is 266 g/mol. The van der Waals surface area contributed by atoms with Crippen LogP contribution >= 0.6 is 23.1 Å². The zero-order valence-corrected chi connectivity index (χ0v) is 11.1. The van der Waals surface area contributed by atoms with Crippen molar-refractivity contribution in [3.63, 3.8) is 0 Å². The van der Waals surface area contributed by atoms with Crippen molar-refractivity contribution in [2.45, 2.75) is 11.3 Å². The Hall–Kier alpha value is -1.11. The molecular weight excluding hydrogens is 252 g/mol. The Morgan fingerprint density at radius 3 is 3.06 bits per heavy atom. The highest BCUT2D eigenvalue weighted by Crippen LogP contribution is 2.27. The second-order valence-electron chi connectivity index (χ2n) is 3.50. The van der Waals surface area contributed by atoms with Crippen LogP contribution in [0.4, 0.5) is 10.8 Å². The number of nitrogens with two attached hydrogens (primary N) is 1. The molecule has 0 atom stereocenters. The van der Waals surface area contributed by atoms with E-state index in [1.165, 1.54) is 5.56 Å². The molecule has 0 unspecified atom stereocenters. The topological polar surface area (TPSA) is 63.8 Å². The van der Waals surface area contributed by atoms with Gasteiger partial charge in [0.25, 0.3) is 0 Å². The molecule has 1 aromatic carbocycles. The summed E-state index contributed by atoms with van der Waals surface area (Å²) in [4.78, 5) is 0. The highest BCUT2D eigenvalue weighted by molar-refractivity contribution is 8.01. The van der Waals surface area contributed by atoms with Gasteiger partial charge in [-0.3, -0.25) is 0 Å². The van der Waals surface area contributed by atoms with E-state index in [9.17, 15) is 0 Å². The van der Waals surface area contributed by atoms with Crippen LogP contribution in [0.25, 0.3) is 0 Å². The van der Waals surface area contributed by atoms with E-state index in [0.29, 0.717) is 6.54 Å². The molecule has 0 amide bonds. The lowest BCUT2D eigenvalue weighted by molar-refractivity contribution is 1.01. The average molecular weight is 266 g/mol. The molecule has 0 aliphatic rings. The van der Waals surface area contributed by atoms with Crippen molar-refractivity contribution in [2.24, 2.45) is 5.73 Å². The zero-order chi connectivity index (χ0) is 12.1. The fraction of sp³-hybridized carbons (Fsp3) is 0.273. The summed E-state index contributed by atoms with van der Waals surface area (Å²) in [6, 6.07) is 8.17. The van der Waals surface area contributed by atoms with Gasteiger partial charge in [-0.25, -0.2) is 0 Å². The van der Waals surface area contributed by atoms with Crippen LogP contribution in [0.15, 0.2) is 28.6 Å². The minimum Gasteiger partial charge on any atom is -0.330 e. The number of hydrogen-bond acceptors (Lipinski definition) is 6. The zero-order valence-electron chi connectivity index (χ0n) is 9.51. The molecule has 2 aromatic rings. The molecule has 0 fully saturated rings. The maximum atomic E-state index is 5.44. The molecule has 3 N–H and O–H groups in total. The predicted molar refractivity (Wildman–Crippen MR) is 74.1 cm³/mol. The van der Waals surface area contributed by atoms with Gasteiger partial charge in [0.2, 0.25) is 5.13 Å². The van der Waals surface area contributed by atoms with E-state index in [1.807, 2.05) is 12.1 Å². The number of aromatic nitrogens is 2. The van der Waals surface area contributed by atoms with Crippen molar-refractivity contribution in [1.82, 2.24) is 10.2 Å². The van der Waals surface area contributed by atoms with Crippen LogP contribution in [0.2, 0.25) is 0 Å². The second kappa shape index (κ2) is 6.00. The van der Waals surface area contributed by atoms with Gasteiger partial charge in [-0.15, -0.1) is 10.2 Å². The van der Waals surface area contributed by atoms with Gasteiger partial charge in [0, 0.05) is 18.0 Å². The Morgan fingerprint density at radius 2 is 2.29 bits per heavy atom.